The number of hydrogen-bond donors (Lipinski definition) is 1. The van der Waals surface area contributed by atoms with Crippen molar-refractivity contribution in [3.8, 4) is 11.6 Å². The molecule has 0 aliphatic heterocycles. The third kappa shape index (κ3) is 2.09. The lowest BCUT2D eigenvalue weighted by atomic mass is 10.1. The Bertz CT molecular complexity index is 452. The fourth-order valence-electron chi connectivity index (χ4n) is 1.26. The van der Waals surface area contributed by atoms with Crippen LogP contribution in [0.4, 0.5) is 0 Å². The van der Waals surface area contributed by atoms with Gasteiger partial charge in [0.05, 0.1) is 6.04 Å². The van der Waals surface area contributed by atoms with Crippen LogP contribution in [0.2, 0.25) is 0 Å². The fraction of sp³-hybridized carbons (Fsp3) is 0.364. The molecule has 84 valence electrons. The van der Waals surface area contributed by atoms with Gasteiger partial charge in [0.25, 0.3) is 5.89 Å². The molecule has 1 atom stereocenters. The smallest absolute Gasteiger partial charge is 0.276 e. The van der Waals surface area contributed by atoms with Crippen LogP contribution in [0.5, 0.6) is 0 Å². The van der Waals surface area contributed by atoms with Crippen LogP contribution in [0.25, 0.3) is 11.6 Å². The molecule has 0 bridgehead atoms. The van der Waals surface area contributed by atoms with Crippen LogP contribution >= 0.6 is 0 Å². The first kappa shape index (κ1) is 10.8. The third-order valence-electron chi connectivity index (χ3n) is 2.34. The van der Waals surface area contributed by atoms with E-state index in [2.05, 4.69) is 15.1 Å². The van der Waals surface area contributed by atoms with Crippen molar-refractivity contribution in [2.45, 2.75) is 19.9 Å². The van der Waals surface area contributed by atoms with Gasteiger partial charge in [0, 0.05) is 6.20 Å². The highest BCUT2D eigenvalue weighted by atomic mass is 16.5. The average molecular weight is 218 g/mol. The minimum atomic E-state index is -0.207. The Morgan fingerprint density at radius 2 is 2.12 bits per heavy atom. The van der Waals surface area contributed by atoms with Gasteiger partial charge in [0.2, 0.25) is 0 Å². The van der Waals surface area contributed by atoms with Crippen molar-refractivity contribution in [3.05, 3.63) is 30.2 Å². The highest BCUT2D eigenvalue weighted by molar-refractivity contribution is 5.45. The number of hydrogen-bond acceptors (Lipinski definition) is 5. The van der Waals surface area contributed by atoms with Gasteiger partial charge in [0.15, 0.2) is 5.82 Å². The summed E-state index contributed by atoms with van der Waals surface area (Å²) in [6.45, 7) is 4.03. The van der Waals surface area contributed by atoms with E-state index < -0.39 is 0 Å². The molecule has 2 aromatic heterocycles. The van der Waals surface area contributed by atoms with Gasteiger partial charge in [-0.2, -0.15) is 4.98 Å². The maximum Gasteiger partial charge on any atom is 0.276 e. The molecule has 0 fully saturated rings. The zero-order valence-electron chi connectivity index (χ0n) is 9.29. The molecule has 2 heterocycles. The molecule has 2 rings (SSSR count). The predicted molar refractivity (Wildman–Crippen MR) is 59.3 cm³/mol. The van der Waals surface area contributed by atoms with E-state index in [4.69, 9.17) is 10.3 Å². The van der Waals surface area contributed by atoms with E-state index in [1.807, 2.05) is 32.0 Å². The number of aromatic nitrogens is 3. The lowest BCUT2D eigenvalue weighted by molar-refractivity contribution is 0.399. The molecule has 0 spiro atoms. The van der Waals surface area contributed by atoms with Crippen LogP contribution in [-0.2, 0) is 0 Å². The monoisotopic (exact) mass is 218 g/mol. The van der Waals surface area contributed by atoms with Crippen LogP contribution in [0.1, 0.15) is 25.7 Å². The molecule has 16 heavy (non-hydrogen) atoms. The van der Waals surface area contributed by atoms with Crippen molar-refractivity contribution >= 4 is 0 Å². The summed E-state index contributed by atoms with van der Waals surface area (Å²) in [5.74, 6) is 1.21. The third-order valence-corrected chi connectivity index (χ3v) is 2.34. The van der Waals surface area contributed by atoms with E-state index in [1.165, 1.54) is 0 Å². The molecule has 1 unspecified atom stereocenters. The fourth-order valence-corrected chi connectivity index (χ4v) is 1.26. The van der Waals surface area contributed by atoms with Crippen LogP contribution in [-0.4, -0.2) is 15.1 Å². The standard InChI is InChI=1S/C11H14N4O/c1-7(2)9(12)10-14-11(16-15-10)8-5-3-4-6-13-8/h3-7,9H,12H2,1-2H3. The van der Waals surface area contributed by atoms with E-state index in [0.717, 1.165) is 0 Å². The Balaban J connectivity index is 2.27. The lowest BCUT2D eigenvalue weighted by Crippen LogP contribution is -2.18. The van der Waals surface area contributed by atoms with Crippen molar-refractivity contribution < 1.29 is 4.52 Å². The summed E-state index contributed by atoms with van der Waals surface area (Å²) in [4.78, 5) is 8.37. The zero-order chi connectivity index (χ0) is 11.5. The molecule has 0 amide bonds. The first-order valence-corrected chi connectivity index (χ1v) is 5.19. The minimum Gasteiger partial charge on any atom is -0.332 e. The number of nitrogens with zero attached hydrogens (tertiary/aromatic N) is 3. The van der Waals surface area contributed by atoms with Crippen molar-refractivity contribution in [2.24, 2.45) is 11.7 Å². The molecule has 5 heteroatoms. The van der Waals surface area contributed by atoms with Gasteiger partial charge in [0.1, 0.15) is 5.69 Å². The summed E-state index contributed by atoms with van der Waals surface area (Å²) >= 11 is 0. The van der Waals surface area contributed by atoms with E-state index in [-0.39, 0.29) is 12.0 Å². The summed E-state index contributed by atoms with van der Waals surface area (Å²) in [5.41, 5.74) is 6.59. The molecule has 2 N–H and O–H groups in total. The summed E-state index contributed by atoms with van der Waals surface area (Å²) in [5, 5.41) is 3.86. The van der Waals surface area contributed by atoms with Gasteiger partial charge >= 0.3 is 0 Å². The van der Waals surface area contributed by atoms with Gasteiger partial charge in [-0.15, -0.1) is 0 Å². The van der Waals surface area contributed by atoms with Crippen LogP contribution < -0.4 is 5.73 Å². The zero-order valence-corrected chi connectivity index (χ0v) is 9.29. The van der Waals surface area contributed by atoms with Gasteiger partial charge < -0.3 is 10.3 Å². The Labute approximate surface area is 93.7 Å². The van der Waals surface area contributed by atoms with Crippen molar-refractivity contribution in [3.63, 3.8) is 0 Å². The van der Waals surface area contributed by atoms with Crippen molar-refractivity contribution in [1.82, 2.24) is 15.1 Å². The Kier molecular flexibility index (Phi) is 2.96. The molecule has 0 aliphatic carbocycles. The van der Waals surface area contributed by atoms with E-state index in [0.29, 0.717) is 17.4 Å². The molecule has 5 nitrogen and oxygen atoms in total. The summed E-state index contributed by atoms with van der Waals surface area (Å²) in [7, 11) is 0. The molecule has 0 radical (unpaired) electrons. The first-order chi connectivity index (χ1) is 7.68. The normalized spacial score (nSPS) is 13.0. The van der Waals surface area contributed by atoms with Crippen LogP contribution in [0.15, 0.2) is 28.9 Å². The molecule has 0 aromatic carbocycles. The molecule has 2 aromatic rings. The second-order valence-corrected chi connectivity index (χ2v) is 3.94. The van der Waals surface area contributed by atoms with Crippen LogP contribution in [0, 0.1) is 5.92 Å². The summed E-state index contributed by atoms with van der Waals surface area (Å²) in [6, 6.07) is 5.31. The van der Waals surface area contributed by atoms with Crippen LogP contribution in [0.3, 0.4) is 0 Å². The molecule has 0 saturated carbocycles. The largest absolute Gasteiger partial charge is 0.332 e. The maximum absolute atomic E-state index is 5.92. The van der Waals surface area contributed by atoms with Crippen molar-refractivity contribution in [2.75, 3.05) is 0 Å². The first-order valence-electron chi connectivity index (χ1n) is 5.19. The lowest BCUT2D eigenvalue weighted by Gasteiger charge is -2.09. The summed E-state index contributed by atoms with van der Waals surface area (Å²) in [6.07, 6.45) is 1.68. The predicted octanol–water partition coefficient (Wildman–Crippen LogP) is 1.79. The Hall–Kier alpha value is -1.75. The van der Waals surface area contributed by atoms with Gasteiger partial charge in [-0.1, -0.05) is 25.1 Å². The Morgan fingerprint density at radius 1 is 1.31 bits per heavy atom. The van der Waals surface area contributed by atoms with E-state index >= 15 is 0 Å². The molecule has 0 saturated heterocycles. The van der Waals surface area contributed by atoms with E-state index in [1.54, 1.807) is 6.20 Å². The topological polar surface area (TPSA) is 77.8 Å². The van der Waals surface area contributed by atoms with Gasteiger partial charge in [-0.05, 0) is 18.1 Å². The maximum atomic E-state index is 5.92. The minimum absolute atomic E-state index is 0.207. The molecular weight excluding hydrogens is 204 g/mol. The van der Waals surface area contributed by atoms with Gasteiger partial charge in [-0.25, -0.2) is 0 Å². The second kappa shape index (κ2) is 4.40. The van der Waals surface area contributed by atoms with Crippen molar-refractivity contribution in [1.29, 1.82) is 0 Å². The Morgan fingerprint density at radius 3 is 2.75 bits per heavy atom. The van der Waals surface area contributed by atoms with E-state index in [9.17, 15) is 0 Å². The highest BCUT2D eigenvalue weighted by Crippen LogP contribution is 2.19. The SMILES string of the molecule is CC(C)C(N)c1noc(-c2ccccn2)n1. The highest BCUT2D eigenvalue weighted by Gasteiger charge is 2.18. The second-order valence-electron chi connectivity index (χ2n) is 3.94. The number of rotatable bonds is 3. The molecular formula is C11H14N4O. The quantitative estimate of drug-likeness (QED) is 0.849. The van der Waals surface area contributed by atoms with Gasteiger partial charge in [-0.3, -0.25) is 4.98 Å². The average Bonchev–Trinajstić information content (AvgIpc) is 2.78. The summed E-state index contributed by atoms with van der Waals surface area (Å²) < 4.78 is 5.12. The number of pyridine rings is 1. The number of nitrogens with two attached hydrogens (primary N) is 1. The molecule has 0 aliphatic rings.